The number of thiocarbonyl (C=S) groups is 1. The number of nitrogens with zero attached hydrogens (tertiary/aromatic N) is 3. The van der Waals surface area contributed by atoms with Crippen LogP contribution in [0.2, 0.25) is 0 Å². The molecule has 0 bridgehead atoms. The van der Waals surface area contributed by atoms with Crippen LogP contribution in [0.5, 0.6) is 5.75 Å². The lowest BCUT2D eigenvalue weighted by Crippen LogP contribution is -2.20. The van der Waals surface area contributed by atoms with Crippen LogP contribution in [0.4, 0.5) is 18.9 Å². The first kappa shape index (κ1) is 30.6. The molecule has 0 atom stereocenters. The molecule has 1 aromatic heterocycles. The maximum Gasteiger partial charge on any atom is 0.573 e. The molecule has 4 aromatic rings. The van der Waals surface area contributed by atoms with E-state index in [1.54, 1.807) is 0 Å². The van der Waals surface area contributed by atoms with Crippen molar-refractivity contribution in [1.82, 2.24) is 14.8 Å². The average molecular weight is 570 g/mol. The second-order valence-electron chi connectivity index (χ2n) is 9.59. The minimum Gasteiger partial charge on any atom is -0.406 e. The first-order valence-electron chi connectivity index (χ1n) is 13.0. The van der Waals surface area contributed by atoms with Gasteiger partial charge in [0.1, 0.15) is 12.1 Å². The zero-order valence-electron chi connectivity index (χ0n) is 23.0. The van der Waals surface area contributed by atoms with Crippen molar-refractivity contribution in [3.05, 3.63) is 89.7 Å². The molecule has 0 unspecified atom stereocenters. The normalized spacial score (nSPS) is 11.1. The molecule has 0 aliphatic carbocycles. The molecule has 3 N–H and O–H groups in total. The van der Waals surface area contributed by atoms with Crippen molar-refractivity contribution < 1.29 is 17.9 Å². The molecule has 212 valence electrons. The number of benzene rings is 3. The number of hydrogen-bond donors (Lipinski definition) is 2. The highest BCUT2D eigenvalue weighted by molar-refractivity contribution is 7.80. The fourth-order valence-electron chi connectivity index (χ4n) is 3.98. The summed E-state index contributed by atoms with van der Waals surface area (Å²) in [7, 11) is 0. The summed E-state index contributed by atoms with van der Waals surface area (Å²) in [6, 6.07) is 19.8. The van der Waals surface area contributed by atoms with Gasteiger partial charge in [0, 0.05) is 11.3 Å². The molecule has 0 spiro atoms. The molecule has 0 aliphatic heterocycles. The summed E-state index contributed by atoms with van der Waals surface area (Å²) in [5, 5.41) is 7.74. The van der Waals surface area contributed by atoms with Gasteiger partial charge in [-0.2, -0.15) is 0 Å². The predicted octanol–water partition coefficient (Wildman–Crippen LogP) is 7.95. The molecule has 0 saturated heterocycles. The Morgan fingerprint density at radius 3 is 2.42 bits per heavy atom. The zero-order valence-corrected chi connectivity index (χ0v) is 23.8. The minimum atomic E-state index is -4.70. The van der Waals surface area contributed by atoms with E-state index in [9.17, 15) is 13.2 Å². The topological polar surface area (TPSA) is 78.0 Å². The summed E-state index contributed by atoms with van der Waals surface area (Å²) in [6.07, 6.45) is 0.0902. The number of ether oxygens (including phenoxy) is 1. The van der Waals surface area contributed by atoms with Crippen LogP contribution < -0.4 is 15.8 Å². The Hall–Kier alpha value is -3.92. The quantitative estimate of drug-likeness (QED) is 0.210. The van der Waals surface area contributed by atoms with Gasteiger partial charge < -0.3 is 15.8 Å². The summed E-state index contributed by atoms with van der Waals surface area (Å²) in [6.45, 7) is 8.50. The lowest BCUT2D eigenvalue weighted by molar-refractivity contribution is -0.274. The van der Waals surface area contributed by atoms with Crippen molar-refractivity contribution in [3.63, 3.8) is 0 Å². The van der Waals surface area contributed by atoms with E-state index in [2.05, 4.69) is 78.2 Å². The van der Waals surface area contributed by atoms with Crippen molar-refractivity contribution in [2.24, 2.45) is 5.73 Å². The molecule has 0 fully saturated rings. The number of alkyl halides is 3. The van der Waals surface area contributed by atoms with Gasteiger partial charge in [-0.15, -0.1) is 18.3 Å². The number of nitrogens with two attached hydrogens (primary N) is 1. The van der Waals surface area contributed by atoms with Gasteiger partial charge in [-0.3, -0.25) is 0 Å². The Balaban J connectivity index is 0.000000267. The third kappa shape index (κ3) is 9.37. The molecular weight excluding hydrogens is 535 g/mol. The van der Waals surface area contributed by atoms with E-state index in [0.717, 1.165) is 30.5 Å². The van der Waals surface area contributed by atoms with E-state index in [1.807, 2.05) is 12.1 Å². The highest BCUT2D eigenvalue weighted by Crippen LogP contribution is 2.26. The van der Waals surface area contributed by atoms with Crippen LogP contribution in [0, 0.1) is 6.92 Å². The smallest absolute Gasteiger partial charge is 0.406 e. The number of hydrogen-bond acceptors (Lipinski definition) is 4. The van der Waals surface area contributed by atoms with Crippen LogP contribution in [0.25, 0.3) is 17.1 Å². The number of aromatic nitrogens is 3. The lowest BCUT2D eigenvalue weighted by atomic mass is 9.99. The Morgan fingerprint density at radius 1 is 1.07 bits per heavy atom. The SMILES string of the molecule is CCCCc1cccc(-c2ncn(-c3ccc(OC(F)(F)F)cc3)n2)c1.Cc1ccc(C(C)C)c(NC(N)=S)c1. The molecule has 0 saturated carbocycles. The fourth-order valence-corrected chi connectivity index (χ4v) is 4.09. The van der Waals surface area contributed by atoms with Gasteiger partial charge in [0.05, 0.1) is 5.69 Å². The van der Waals surface area contributed by atoms with Crippen molar-refractivity contribution in [1.29, 1.82) is 0 Å². The van der Waals surface area contributed by atoms with Gasteiger partial charge in [0.15, 0.2) is 10.9 Å². The standard InChI is InChI=1S/C19H18F3N3O.C11H16N2S/c1-2-3-5-14-6-4-7-15(12-14)18-23-13-25(24-18)16-8-10-17(11-9-16)26-19(20,21)22;1-7(2)9-5-4-8(3)6-10(9)13-11(12)14/h4,6-13H,2-3,5H2,1H3;4-7H,1-3H3,(H3,12,13,14). The van der Waals surface area contributed by atoms with Crippen molar-refractivity contribution in [2.45, 2.75) is 59.2 Å². The molecule has 0 radical (unpaired) electrons. The molecular formula is C30H34F3N5OS. The first-order chi connectivity index (χ1) is 18.9. The first-order valence-corrected chi connectivity index (χ1v) is 13.4. The second kappa shape index (κ2) is 13.9. The Kier molecular flexibility index (Phi) is 10.7. The summed E-state index contributed by atoms with van der Waals surface area (Å²) in [4.78, 5) is 4.31. The molecule has 1 heterocycles. The van der Waals surface area contributed by atoms with E-state index in [-0.39, 0.29) is 5.75 Å². The van der Waals surface area contributed by atoms with E-state index in [0.29, 0.717) is 22.5 Å². The molecule has 0 amide bonds. The number of nitrogens with one attached hydrogen (secondary N) is 1. The molecule has 3 aromatic carbocycles. The van der Waals surface area contributed by atoms with Gasteiger partial charge in [-0.05, 0) is 91.0 Å². The van der Waals surface area contributed by atoms with Crippen molar-refractivity contribution in [3.8, 4) is 22.8 Å². The lowest BCUT2D eigenvalue weighted by Gasteiger charge is -2.14. The molecule has 40 heavy (non-hydrogen) atoms. The summed E-state index contributed by atoms with van der Waals surface area (Å²) in [5.74, 6) is 0.761. The van der Waals surface area contributed by atoms with Crippen molar-refractivity contribution in [2.75, 3.05) is 5.32 Å². The Morgan fingerprint density at radius 2 is 1.80 bits per heavy atom. The largest absolute Gasteiger partial charge is 0.573 e. The number of unbranched alkanes of at least 4 members (excludes halogenated alkanes) is 1. The number of rotatable bonds is 8. The van der Waals surface area contributed by atoms with Gasteiger partial charge >= 0.3 is 6.36 Å². The van der Waals surface area contributed by atoms with Crippen LogP contribution in [-0.4, -0.2) is 26.2 Å². The molecule has 6 nitrogen and oxygen atoms in total. The van der Waals surface area contributed by atoms with Gasteiger partial charge in [-0.1, -0.05) is 57.5 Å². The second-order valence-corrected chi connectivity index (χ2v) is 10.0. The van der Waals surface area contributed by atoms with Gasteiger partial charge in [-0.25, -0.2) is 9.67 Å². The Labute approximate surface area is 238 Å². The predicted molar refractivity (Wildman–Crippen MR) is 158 cm³/mol. The number of halogens is 3. The van der Waals surface area contributed by atoms with Crippen LogP contribution in [0.1, 0.15) is 56.2 Å². The van der Waals surface area contributed by atoms with Gasteiger partial charge in [0.25, 0.3) is 0 Å². The third-order valence-electron chi connectivity index (χ3n) is 5.92. The maximum absolute atomic E-state index is 12.2. The summed E-state index contributed by atoms with van der Waals surface area (Å²) < 4.78 is 42.0. The monoisotopic (exact) mass is 569 g/mol. The summed E-state index contributed by atoms with van der Waals surface area (Å²) >= 11 is 4.83. The number of anilines is 1. The molecule has 4 rings (SSSR count). The maximum atomic E-state index is 12.2. The van der Waals surface area contributed by atoms with E-state index in [1.165, 1.54) is 52.0 Å². The van der Waals surface area contributed by atoms with E-state index in [4.69, 9.17) is 18.0 Å². The van der Waals surface area contributed by atoms with Crippen LogP contribution in [0.15, 0.2) is 73.1 Å². The van der Waals surface area contributed by atoms with Crippen LogP contribution in [-0.2, 0) is 6.42 Å². The highest BCUT2D eigenvalue weighted by atomic mass is 32.1. The average Bonchev–Trinajstić information content (AvgIpc) is 3.37. The van der Waals surface area contributed by atoms with Crippen molar-refractivity contribution >= 4 is 23.0 Å². The zero-order chi connectivity index (χ0) is 29.3. The fraction of sp³-hybridized carbons (Fsp3) is 0.300. The highest BCUT2D eigenvalue weighted by Gasteiger charge is 2.31. The Bertz CT molecular complexity index is 1400. The van der Waals surface area contributed by atoms with Gasteiger partial charge in [0.2, 0.25) is 0 Å². The molecule has 10 heteroatoms. The number of aryl methyl sites for hydroxylation is 2. The van der Waals surface area contributed by atoms with E-state index < -0.39 is 6.36 Å². The third-order valence-corrected chi connectivity index (χ3v) is 6.02. The van der Waals surface area contributed by atoms with Crippen LogP contribution >= 0.6 is 12.2 Å². The minimum absolute atomic E-state index is 0.273. The molecule has 0 aliphatic rings. The van der Waals surface area contributed by atoms with E-state index >= 15 is 0 Å². The van der Waals surface area contributed by atoms with Crippen LogP contribution in [0.3, 0.4) is 0 Å². The summed E-state index contributed by atoms with van der Waals surface area (Å²) in [5.41, 5.74) is 11.7.